The van der Waals surface area contributed by atoms with Crippen LogP contribution in [0.4, 0.5) is 17.8 Å². The maximum absolute atomic E-state index is 5.73. The number of nitrogens with two attached hydrogens (primary N) is 1. The van der Waals surface area contributed by atoms with E-state index in [2.05, 4.69) is 27.2 Å². The van der Waals surface area contributed by atoms with Gasteiger partial charge in [0.15, 0.2) is 0 Å². The Hall–Kier alpha value is -1.59. The van der Waals surface area contributed by atoms with E-state index in [1.807, 2.05) is 19.0 Å². The Labute approximate surface area is 114 Å². The van der Waals surface area contributed by atoms with Crippen LogP contribution in [0.2, 0.25) is 0 Å². The van der Waals surface area contributed by atoms with Crippen molar-refractivity contribution in [2.45, 2.75) is 45.1 Å². The number of rotatable bonds is 3. The first-order valence-corrected chi connectivity index (χ1v) is 7.00. The fourth-order valence-electron chi connectivity index (χ4n) is 2.46. The van der Waals surface area contributed by atoms with Gasteiger partial charge in [0.25, 0.3) is 0 Å². The topological polar surface area (TPSA) is 80.0 Å². The molecule has 6 nitrogen and oxygen atoms in total. The van der Waals surface area contributed by atoms with Gasteiger partial charge in [0.05, 0.1) is 0 Å². The van der Waals surface area contributed by atoms with E-state index in [1.165, 1.54) is 32.1 Å². The number of nitrogen functional groups attached to an aromatic ring is 1. The van der Waals surface area contributed by atoms with Crippen molar-refractivity contribution in [3.63, 3.8) is 0 Å². The Balaban J connectivity index is 2.05. The third-order valence-electron chi connectivity index (χ3n) is 3.63. The summed E-state index contributed by atoms with van der Waals surface area (Å²) in [5.74, 6) is 2.28. The van der Waals surface area contributed by atoms with Crippen molar-refractivity contribution in [3.05, 3.63) is 0 Å². The van der Waals surface area contributed by atoms with Crippen LogP contribution in [0.5, 0.6) is 0 Å². The van der Waals surface area contributed by atoms with Gasteiger partial charge in [-0.15, -0.1) is 0 Å². The molecular weight excluding hydrogens is 240 g/mol. The van der Waals surface area contributed by atoms with Gasteiger partial charge in [0, 0.05) is 20.1 Å². The van der Waals surface area contributed by atoms with E-state index in [0.29, 0.717) is 17.9 Å². The molecule has 1 fully saturated rings. The maximum atomic E-state index is 5.73. The molecule has 106 valence electrons. The number of hydrogen-bond donors (Lipinski definition) is 2. The second-order valence-electron chi connectivity index (χ2n) is 5.67. The van der Waals surface area contributed by atoms with E-state index in [4.69, 9.17) is 5.73 Å². The van der Waals surface area contributed by atoms with Crippen LogP contribution < -0.4 is 16.0 Å². The zero-order valence-electron chi connectivity index (χ0n) is 12.1. The van der Waals surface area contributed by atoms with E-state index >= 15 is 0 Å². The molecule has 0 saturated heterocycles. The van der Waals surface area contributed by atoms with E-state index in [0.717, 1.165) is 5.92 Å². The van der Waals surface area contributed by atoms with Gasteiger partial charge in [-0.1, -0.05) is 19.8 Å². The second kappa shape index (κ2) is 6.04. The summed E-state index contributed by atoms with van der Waals surface area (Å²) in [6.45, 7) is 2.33. The van der Waals surface area contributed by atoms with Gasteiger partial charge in [-0.2, -0.15) is 15.0 Å². The van der Waals surface area contributed by atoms with Crippen molar-refractivity contribution >= 4 is 17.8 Å². The molecule has 0 spiro atoms. The van der Waals surface area contributed by atoms with Gasteiger partial charge in [0.2, 0.25) is 17.8 Å². The number of nitrogens with zero attached hydrogens (tertiary/aromatic N) is 4. The molecule has 0 amide bonds. The van der Waals surface area contributed by atoms with Crippen LogP contribution in [0.15, 0.2) is 0 Å². The van der Waals surface area contributed by atoms with Crippen LogP contribution in [0.1, 0.15) is 39.0 Å². The van der Waals surface area contributed by atoms with E-state index in [9.17, 15) is 0 Å². The SMILES string of the molecule is CC1CCCC(Nc2nc(N)nc(N(C)C)n2)CC1. The molecule has 1 aliphatic carbocycles. The molecule has 6 heteroatoms. The molecule has 1 aromatic rings. The van der Waals surface area contributed by atoms with E-state index in [-0.39, 0.29) is 5.95 Å². The van der Waals surface area contributed by atoms with Gasteiger partial charge in [-0.25, -0.2) is 0 Å². The maximum Gasteiger partial charge on any atom is 0.231 e. The summed E-state index contributed by atoms with van der Waals surface area (Å²) < 4.78 is 0. The summed E-state index contributed by atoms with van der Waals surface area (Å²) in [5.41, 5.74) is 5.73. The number of nitrogens with one attached hydrogen (secondary N) is 1. The Bertz CT molecular complexity index is 420. The number of hydrogen-bond acceptors (Lipinski definition) is 6. The first kappa shape index (κ1) is 13.8. The van der Waals surface area contributed by atoms with E-state index < -0.39 is 0 Å². The quantitative estimate of drug-likeness (QED) is 0.812. The molecule has 2 rings (SSSR count). The first-order chi connectivity index (χ1) is 9.04. The van der Waals surface area contributed by atoms with Crippen molar-refractivity contribution in [1.29, 1.82) is 0 Å². The predicted molar refractivity (Wildman–Crippen MR) is 78.2 cm³/mol. The molecule has 0 radical (unpaired) electrons. The van der Waals surface area contributed by atoms with E-state index in [1.54, 1.807) is 0 Å². The van der Waals surface area contributed by atoms with Crippen molar-refractivity contribution in [2.24, 2.45) is 5.92 Å². The Morgan fingerprint density at radius 3 is 2.63 bits per heavy atom. The van der Waals surface area contributed by atoms with Gasteiger partial charge >= 0.3 is 0 Å². The standard InChI is InChI=1S/C13H24N6/c1-9-5-4-6-10(8-7-9)15-12-16-11(14)17-13(18-12)19(2)3/h9-10H,4-8H2,1-3H3,(H3,14,15,16,17,18). The molecule has 3 N–H and O–H groups in total. The summed E-state index contributed by atoms with van der Waals surface area (Å²) in [4.78, 5) is 14.5. The minimum atomic E-state index is 0.267. The van der Waals surface area contributed by atoms with Crippen LogP contribution in [-0.2, 0) is 0 Å². The Morgan fingerprint density at radius 2 is 1.89 bits per heavy atom. The van der Waals surface area contributed by atoms with Crippen molar-refractivity contribution in [3.8, 4) is 0 Å². The highest BCUT2D eigenvalue weighted by atomic mass is 15.3. The van der Waals surface area contributed by atoms with Crippen LogP contribution in [0.3, 0.4) is 0 Å². The van der Waals surface area contributed by atoms with Crippen LogP contribution >= 0.6 is 0 Å². The highest BCUT2D eigenvalue weighted by Gasteiger charge is 2.17. The lowest BCUT2D eigenvalue weighted by Crippen LogP contribution is -2.22. The highest BCUT2D eigenvalue weighted by Crippen LogP contribution is 2.24. The van der Waals surface area contributed by atoms with Gasteiger partial charge in [0.1, 0.15) is 0 Å². The lowest BCUT2D eigenvalue weighted by Gasteiger charge is -2.18. The largest absolute Gasteiger partial charge is 0.368 e. The smallest absolute Gasteiger partial charge is 0.231 e. The Kier molecular flexibility index (Phi) is 4.39. The molecule has 1 saturated carbocycles. The summed E-state index contributed by atoms with van der Waals surface area (Å²) in [5, 5.41) is 3.41. The van der Waals surface area contributed by atoms with Gasteiger partial charge in [-0.3, -0.25) is 0 Å². The molecule has 2 atom stereocenters. The third-order valence-corrected chi connectivity index (χ3v) is 3.63. The normalized spacial score (nSPS) is 23.7. The zero-order chi connectivity index (χ0) is 13.8. The van der Waals surface area contributed by atoms with Crippen LogP contribution in [0.25, 0.3) is 0 Å². The summed E-state index contributed by atoms with van der Waals surface area (Å²) in [6.07, 6.45) is 6.19. The average Bonchev–Trinajstić information content (AvgIpc) is 2.54. The number of anilines is 3. The molecule has 1 aromatic heterocycles. The minimum Gasteiger partial charge on any atom is -0.368 e. The third kappa shape index (κ3) is 3.94. The molecule has 2 unspecified atom stereocenters. The fourth-order valence-corrected chi connectivity index (χ4v) is 2.46. The molecule has 0 bridgehead atoms. The van der Waals surface area contributed by atoms with Gasteiger partial charge < -0.3 is 16.0 Å². The summed E-state index contributed by atoms with van der Waals surface area (Å²) in [6, 6.07) is 0.446. The van der Waals surface area contributed by atoms with Crippen molar-refractivity contribution in [2.75, 3.05) is 30.0 Å². The molecule has 1 aliphatic rings. The second-order valence-corrected chi connectivity index (χ2v) is 5.67. The van der Waals surface area contributed by atoms with Crippen molar-refractivity contribution < 1.29 is 0 Å². The highest BCUT2D eigenvalue weighted by molar-refractivity contribution is 5.41. The molecule has 0 aromatic carbocycles. The monoisotopic (exact) mass is 264 g/mol. The summed E-state index contributed by atoms with van der Waals surface area (Å²) >= 11 is 0. The molecule has 0 aliphatic heterocycles. The van der Waals surface area contributed by atoms with Gasteiger partial charge in [-0.05, 0) is 25.2 Å². The van der Waals surface area contributed by atoms with Crippen LogP contribution in [-0.4, -0.2) is 35.1 Å². The minimum absolute atomic E-state index is 0.267. The molecule has 1 heterocycles. The van der Waals surface area contributed by atoms with Crippen LogP contribution in [0, 0.1) is 5.92 Å². The number of aromatic nitrogens is 3. The van der Waals surface area contributed by atoms with Crippen molar-refractivity contribution in [1.82, 2.24) is 15.0 Å². The lowest BCUT2D eigenvalue weighted by molar-refractivity contribution is 0.501. The fraction of sp³-hybridized carbons (Fsp3) is 0.769. The first-order valence-electron chi connectivity index (χ1n) is 7.00. The average molecular weight is 264 g/mol. The predicted octanol–water partition coefficient (Wildman–Crippen LogP) is 1.90. The molecular formula is C13H24N6. The zero-order valence-corrected chi connectivity index (χ0v) is 12.1. The molecule has 19 heavy (non-hydrogen) atoms. The summed E-state index contributed by atoms with van der Waals surface area (Å²) in [7, 11) is 3.79. The Morgan fingerprint density at radius 1 is 1.11 bits per heavy atom. The lowest BCUT2D eigenvalue weighted by atomic mass is 10.0.